The highest BCUT2D eigenvalue weighted by molar-refractivity contribution is 6.20. The van der Waals surface area contributed by atoms with Crippen LogP contribution in [0.2, 0.25) is 0 Å². The van der Waals surface area contributed by atoms with E-state index in [9.17, 15) is 23.2 Å². The molecular formula is C14H11F2NO4. The maximum Gasteiger partial charge on any atom is 0.345 e. The molecule has 2 aliphatic rings. The first kappa shape index (κ1) is 13.7. The van der Waals surface area contributed by atoms with Crippen molar-refractivity contribution in [3.63, 3.8) is 0 Å². The summed E-state index contributed by atoms with van der Waals surface area (Å²) in [5.74, 6) is -2.85. The molecule has 0 atom stereocenters. The number of hydrogen-bond acceptors (Lipinski definition) is 4. The van der Waals surface area contributed by atoms with Crippen LogP contribution in [-0.2, 0) is 9.63 Å². The predicted octanol–water partition coefficient (Wildman–Crippen LogP) is 2.18. The summed E-state index contributed by atoms with van der Waals surface area (Å²) >= 11 is 0. The number of carbonyl (C=O) groups is 3. The maximum absolute atomic E-state index is 13.0. The summed E-state index contributed by atoms with van der Waals surface area (Å²) in [5, 5.41) is 0.273. The Labute approximate surface area is 118 Å². The van der Waals surface area contributed by atoms with E-state index in [4.69, 9.17) is 4.84 Å². The van der Waals surface area contributed by atoms with Gasteiger partial charge < -0.3 is 4.84 Å². The number of halogens is 2. The fourth-order valence-electron chi connectivity index (χ4n) is 2.49. The second kappa shape index (κ2) is 4.61. The molecular weight excluding hydrogens is 284 g/mol. The number of rotatable bonds is 3. The third kappa shape index (κ3) is 1.84. The molecule has 1 heterocycles. The van der Waals surface area contributed by atoms with Crippen molar-refractivity contribution in [3.05, 3.63) is 35.4 Å². The van der Waals surface area contributed by atoms with Gasteiger partial charge in [0.25, 0.3) is 18.2 Å². The molecule has 0 bridgehead atoms. The summed E-state index contributed by atoms with van der Waals surface area (Å²) in [6.07, 6.45) is -2.41. The maximum atomic E-state index is 13.0. The van der Waals surface area contributed by atoms with Crippen molar-refractivity contribution in [2.75, 3.05) is 0 Å². The van der Waals surface area contributed by atoms with Gasteiger partial charge in [-0.3, -0.25) is 9.59 Å². The van der Waals surface area contributed by atoms with Crippen LogP contribution in [0.1, 0.15) is 40.0 Å². The number of alkyl halides is 2. The van der Waals surface area contributed by atoms with Crippen molar-refractivity contribution >= 4 is 17.8 Å². The highest BCUT2D eigenvalue weighted by atomic mass is 19.3. The molecule has 5 nitrogen and oxygen atoms in total. The lowest BCUT2D eigenvalue weighted by Crippen LogP contribution is -2.48. The molecule has 0 unspecified atom stereocenters. The molecule has 0 spiro atoms. The Balaban J connectivity index is 1.83. The summed E-state index contributed by atoms with van der Waals surface area (Å²) in [4.78, 5) is 40.6. The fraction of sp³-hybridized carbons (Fsp3) is 0.357. The quantitative estimate of drug-likeness (QED) is 0.802. The fourth-order valence-corrected chi connectivity index (χ4v) is 2.49. The summed E-state index contributed by atoms with van der Waals surface area (Å²) in [6.45, 7) is 0. The Morgan fingerprint density at radius 2 is 1.67 bits per heavy atom. The number of hydroxylamine groups is 2. The van der Waals surface area contributed by atoms with E-state index < -0.39 is 29.6 Å². The van der Waals surface area contributed by atoms with Gasteiger partial charge in [0, 0.05) is 0 Å². The number of nitrogens with zero attached hydrogens (tertiary/aromatic N) is 1. The molecule has 0 saturated heterocycles. The van der Waals surface area contributed by atoms with Crippen LogP contribution in [0.25, 0.3) is 0 Å². The molecule has 1 fully saturated rings. The minimum atomic E-state index is -2.88. The Morgan fingerprint density at radius 1 is 1.14 bits per heavy atom. The lowest BCUT2D eigenvalue weighted by atomic mass is 9.69. The van der Waals surface area contributed by atoms with Gasteiger partial charge >= 0.3 is 5.97 Å². The zero-order chi connectivity index (χ0) is 15.2. The van der Waals surface area contributed by atoms with E-state index in [0.29, 0.717) is 6.42 Å². The molecule has 1 aromatic carbocycles. The van der Waals surface area contributed by atoms with E-state index in [2.05, 4.69) is 0 Å². The smallest absolute Gasteiger partial charge is 0.329 e. The van der Waals surface area contributed by atoms with Crippen LogP contribution in [-0.4, -0.2) is 29.3 Å². The molecule has 3 rings (SSSR count). The van der Waals surface area contributed by atoms with Gasteiger partial charge in [-0.2, -0.15) is 0 Å². The van der Waals surface area contributed by atoms with Crippen molar-refractivity contribution < 1.29 is 28.0 Å². The minimum absolute atomic E-state index is 0.00727. The second-order valence-electron chi connectivity index (χ2n) is 5.14. The number of carbonyl (C=O) groups excluding carboxylic acids is 3. The van der Waals surface area contributed by atoms with Crippen molar-refractivity contribution in [2.45, 2.75) is 25.7 Å². The number of hydrogen-bond donors (Lipinski definition) is 0. The molecule has 21 heavy (non-hydrogen) atoms. The van der Waals surface area contributed by atoms with Crippen LogP contribution in [0, 0.1) is 5.41 Å². The Bertz CT molecular complexity index is 605. The van der Waals surface area contributed by atoms with Crippen molar-refractivity contribution in [3.8, 4) is 0 Å². The molecule has 1 saturated carbocycles. The molecule has 1 aliphatic carbocycles. The molecule has 1 aliphatic heterocycles. The summed E-state index contributed by atoms with van der Waals surface area (Å²) in [6, 6.07) is 5.94. The lowest BCUT2D eigenvalue weighted by Gasteiger charge is -2.38. The van der Waals surface area contributed by atoms with Gasteiger partial charge in [0.15, 0.2) is 0 Å². The Kier molecular flexibility index (Phi) is 3.00. The first-order chi connectivity index (χ1) is 9.97. The van der Waals surface area contributed by atoms with Crippen molar-refractivity contribution in [2.24, 2.45) is 5.41 Å². The van der Waals surface area contributed by atoms with Gasteiger partial charge in [-0.15, -0.1) is 0 Å². The van der Waals surface area contributed by atoms with Crippen LogP contribution in [0.4, 0.5) is 8.78 Å². The largest absolute Gasteiger partial charge is 0.345 e. The summed E-state index contributed by atoms with van der Waals surface area (Å²) in [7, 11) is 0. The SMILES string of the molecule is O=C1c2ccccc2C(=O)N1OC(=O)C1(C(F)F)CCC1. The van der Waals surface area contributed by atoms with Gasteiger partial charge in [-0.05, 0) is 25.0 Å². The van der Waals surface area contributed by atoms with Crippen LogP contribution in [0.15, 0.2) is 24.3 Å². The minimum Gasteiger partial charge on any atom is -0.329 e. The molecule has 2 amide bonds. The molecule has 7 heteroatoms. The van der Waals surface area contributed by atoms with Gasteiger partial charge in [-0.25, -0.2) is 13.6 Å². The van der Waals surface area contributed by atoms with E-state index in [0.717, 1.165) is 0 Å². The van der Waals surface area contributed by atoms with Gasteiger partial charge in [0.05, 0.1) is 11.1 Å². The normalized spacial score (nSPS) is 19.5. The zero-order valence-corrected chi connectivity index (χ0v) is 10.8. The third-order valence-electron chi connectivity index (χ3n) is 4.00. The van der Waals surface area contributed by atoms with Crippen LogP contribution >= 0.6 is 0 Å². The van der Waals surface area contributed by atoms with Gasteiger partial charge in [0.2, 0.25) is 0 Å². The van der Waals surface area contributed by atoms with Crippen molar-refractivity contribution in [1.82, 2.24) is 5.06 Å². The molecule has 1 aromatic rings. The first-order valence-electron chi connectivity index (χ1n) is 6.46. The molecule has 110 valence electrons. The average Bonchev–Trinajstić information content (AvgIpc) is 2.63. The lowest BCUT2D eigenvalue weighted by molar-refractivity contribution is -0.200. The monoisotopic (exact) mass is 295 g/mol. The predicted molar refractivity (Wildman–Crippen MR) is 65.3 cm³/mol. The first-order valence-corrected chi connectivity index (χ1v) is 6.46. The number of imide groups is 1. The number of amides is 2. The average molecular weight is 295 g/mol. The topological polar surface area (TPSA) is 63.7 Å². The van der Waals surface area contributed by atoms with Gasteiger partial charge in [-0.1, -0.05) is 23.6 Å². The third-order valence-corrected chi connectivity index (χ3v) is 4.00. The molecule has 0 N–H and O–H groups in total. The molecule has 0 aromatic heterocycles. The van der Waals surface area contributed by atoms with E-state index in [-0.39, 0.29) is 29.0 Å². The van der Waals surface area contributed by atoms with E-state index in [1.54, 1.807) is 12.1 Å². The standard InChI is InChI=1S/C14H11F2NO4/c15-12(16)14(6-3-7-14)13(20)21-17-10(18)8-4-1-2-5-9(8)11(17)19/h1-2,4-5,12H,3,6-7H2. The Hall–Kier alpha value is -2.31. The number of fused-ring (bicyclic) bond motifs is 1. The van der Waals surface area contributed by atoms with E-state index in [1.165, 1.54) is 12.1 Å². The van der Waals surface area contributed by atoms with Crippen LogP contribution < -0.4 is 0 Å². The summed E-state index contributed by atoms with van der Waals surface area (Å²) in [5.41, 5.74) is -1.71. The van der Waals surface area contributed by atoms with E-state index >= 15 is 0 Å². The molecule has 0 radical (unpaired) electrons. The highest BCUT2D eigenvalue weighted by Gasteiger charge is 2.55. The van der Waals surface area contributed by atoms with Crippen molar-refractivity contribution in [1.29, 1.82) is 0 Å². The second-order valence-corrected chi connectivity index (χ2v) is 5.14. The number of benzene rings is 1. The highest BCUT2D eigenvalue weighted by Crippen LogP contribution is 2.47. The Morgan fingerprint density at radius 3 is 2.05 bits per heavy atom. The van der Waals surface area contributed by atoms with Crippen LogP contribution in [0.3, 0.4) is 0 Å². The summed E-state index contributed by atoms with van der Waals surface area (Å²) < 4.78 is 26.1. The zero-order valence-electron chi connectivity index (χ0n) is 10.8. The van der Waals surface area contributed by atoms with Crippen LogP contribution in [0.5, 0.6) is 0 Å². The van der Waals surface area contributed by atoms with E-state index in [1.807, 2.05) is 0 Å². The van der Waals surface area contributed by atoms with Gasteiger partial charge in [0.1, 0.15) is 5.41 Å².